The quantitative estimate of drug-likeness (QED) is 0.356. The molecule has 0 saturated heterocycles. The van der Waals surface area contributed by atoms with E-state index < -0.39 is 39.7 Å². The van der Waals surface area contributed by atoms with Crippen LogP contribution in [0.4, 0.5) is 13.2 Å². The maximum Gasteiger partial charge on any atom is 0.534 e. The van der Waals surface area contributed by atoms with Gasteiger partial charge in [0.05, 0.1) is 29.9 Å². The Balaban J connectivity index is 2.71. The molecule has 0 aliphatic carbocycles. The van der Waals surface area contributed by atoms with Crippen LogP contribution in [0.25, 0.3) is 10.2 Å². The first-order valence-corrected chi connectivity index (χ1v) is 10.4. The zero-order valence-corrected chi connectivity index (χ0v) is 17.1. The number of fused-ring (bicyclic) bond motifs is 1. The molecule has 1 aromatic carbocycles. The Hall–Kier alpha value is -2.41. The van der Waals surface area contributed by atoms with Crippen LogP contribution in [0, 0.1) is 6.92 Å². The van der Waals surface area contributed by atoms with Gasteiger partial charge < -0.3 is 13.7 Å². The molecule has 160 valence electrons. The van der Waals surface area contributed by atoms with Crippen LogP contribution in [-0.2, 0) is 30.8 Å². The minimum absolute atomic E-state index is 0.0186. The summed E-state index contributed by atoms with van der Waals surface area (Å²) in [6.45, 7) is 4.58. The molecule has 0 aliphatic heterocycles. The highest BCUT2D eigenvalue weighted by molar-refractivity contribution is 7.88. The summed E-state index contributed by atoms with van der Waals surface area (Å²) in [5.74, 6) is -2.35. The van der Waals surface area contributed by atoms with Gasteiger partial charge in [0, 0.05) is 5.56 Å². The number of hydrogen-bond donors (Lipinski definition) is 0. The molecular formula is C16H16F3NO7S2. The summed E-state index contributed by atoms with van der Waals surface area (Å²) in [6.07, 6.45) is -0.537. The molecule has 0 unspecified atom stereocenters. The number of ether oxygens (including phenoxy) is 2. The molecule has 1 heterocycles. The lowest BCUT2D eigenvalue weighted by atomic mass is 10.0. The van der Waals surface area contributed by atoms with E-state index in [2.05, 4.69) is 9.17 Å². The Morgan fingerprint density at radius 1 is 1.17 bits per heavy atom. The highest BCUT2D eigenvalue weighted by Crippen LogP contribution is 2.40. The molecule has 0 N–H and O–H groups in total. The predicted molar refractivity (Wildman–Crippen MR) is 96.3 cm³/mol. The molecule has 0 amide bonds. The molecule has 0 radical (unpaired) electrons. The lowest BCUT2D eigenvalue weighted by molar-refractivity contribution is -0.142. The van der Waals surface area contributed by atoms with E-state index >= 15 is 0 Å². The van der Waals surface area contributed by atoms with Crippen molar-refractivity contribution in [2.75, 3.05) is 13.2 Å². The lowest BCUT2D eigenvalue weighted by Crippen LogP contribution is -2.28. The van der Waals surface area contributed by atoms with Gasteiger partial charge >= 0.3 is 27.6 Å². The van der Waals surface area contributed by atoms with Crippen molar-refractivity contribution in [2.45, 2.75) is 32.7 Å². The number of hydrogen-bond acceptors (Lipinski definition) is 9. The van der Waals surface area contributed by atoms with Crippen molar-refractivity contribution in [1.82, 2.24) is 4.98 Å². The molecule has 29 heavy (non-hydrogen) atoms. The first kappa shape index (κ1) is 22.9. The second-order valence-corrected chi connectivity index (χ2v) is 8.09. The Labute approximate surface area is 167 Å². The molecular weight excluding hydrogens is 439 g/mol. The zero-order valence-electron chi connectivity index (χ0n) is 15.5. The molecule has 0 spiro atoms. The van der Waals surface area contributed by atoms with Gasteiger partial charge in [-0.1, -0.05) is 0 Å². The first-order chi connectivity index (χ1) is 13.4. The summed E-state index contributed by atoms with van der Waals surface area (Å²) in [6, 6.07) is 1.40. The standard InChI is InChI=1S/C16H16F3NO7S2/c1-4-25-11(21)7-9-8(3)6-10-13(28-14(20-10)15(22)26-5-2)12(9)27-29(23,24)16(17,18)19/h6H,4-5,7H2,1-3H3. The monoisotopic (exact) mass is 455 g/mol. The highest BCUT2D eigenvalue weighted by Gasteiger charge is 2.49. The zero-order chi connectivity index (χ0) is 22.0. The number of alkyl halides is 3. The second kappa shape index (κ2) is 8.53. The minimum atomic E-state index is -6.04. The first-order valence-electron chi connectivity index (χ1n) is 8.17. The van der Waals surface area contributed by atoms with E-state index in [0.717, 1.165) is 0 Å². The number of carbonyl (C=O) groups is 2. The third-order valence-electron chi connectivity index (χ3n) is 3.52. The summed E-state index contributed by atoms with van der Waals surface area (Å²) < 4.78 is 75.7. The van der Waals surface area contributed by atoms with Gasteiger partial charge in [0.1, 0.15) is 0 Å². The van der Waals surface area contributed by atoms with Gasteiger partial charge in [-0.2, -0.15) is 21.6 Å². The molecule has 2 rings (SSSR count). The van der Waals surface area contributed by atoms with Crippen LogP contribution in [-0.4, -0.2) is 44.1 Å². The van der Waals surface area contributed by atoms with E-state index in [9.17, 15) is 31.2 Å². The molecule has 2 aromatic rings. The number of benzene rings is 1. The summed E-state index contributed by atoms with van der Waals surface area (Å²) >= 11 is 0.592. The van der Waals surface area contributed by atoms with E-state index in [1.807, 2.05) is 0 Å². The number of aromatic nitrogens is 1. The van der Waals surface area contributed by atoms with Crippen LogP contribution in [0.3, 0.4) is 0 Å². The maximum atomic E-state index is 12.9. The smallest absolute Gasteiger partial charge is 0.466 e. The molecule has 1 aromatic heterocycles. The molecule has 0 bridgehead atoms. The average Bonchev–Trinajstić information content (AvgIpc) is 3.01. The molecule has 0 atom stereocenters. The average molecular weight is 455 g/mol. The number of rotatable bonds is 7. The van der Waals surface area contributed by atoms with Crippen LogP contribution >= 0.6 is 11.3 Å². The van der Waals surface area contributed by atoms with Crippen LogP contribution in [0.5, 0.6) is 5.75 Å². The van der Waals surface area contributed by atoms with E-state index in [1.54, 1.807) is 6.92 Å². The fourth-order valence-corrected chi connectivity index (χ4v) is 3.80. The minimum Gasteiger partial charge on any atom is -0.466 e. The molecule has 0 fully saturated rings. The summed E-state index contributed by atoms with van der Waals surface area (Å²) in [4.78, 5) is 27.8. The van der Waals surface area contributed by atoms with Gasteiger partial charge in [0.15, 0.2) is 5.75 Å². The van der Waals surface area contributed by atoms with Gasteiger partial charge in [-0.15, -0.1) is 11.3 Å². The Bertz CT molecular complexity index is 1040. The van der Waals surface area contributed by atoms with E-state index in [-0.39, 0.29) is 39.6 Å². The largest absolute Gasteiger partial charge is 0.534 e. The molecule has 0 saturated carbocycles. The summed E-state index contributed by atoms with van der Waals surface area (Å²) in [7, 11) is -6.04. The van der Waals surface area contributed by atoms with Crippen molar-refractivity contribution >= 4 is 43.6 Å². The maximum absolute atomic E-state index is 12.9. The summed E-state index contributed by atoms with van der Waals surface area (Å²) in [5.41, 5.74) is -5.56. The van der Waals surface area contributed by atoms with Crippen molar-refractivity contribution in [1.29, 1.82) is 0 Å². The number of thiazole rings is 1. The Morgan fingerprint density at radius 2 is 1.79 bits per heavy atom. The molecule has 13 heteroatoms. The van der Waals surface area contributed by atoms with E-state index in [4.69, 9.17) is 9.47 Å². The Kier molecular flexibility index (Phi) is 6.73. The number of esters is 2. The molecule has 0 aliphatic rings. The normalized spacial score (nSPS) is 12.1. The van der Waals surface area contributed by atoms with Gasteiger partial charge in [0.2, 0.25) is 5.01 Å². The van der Waals surface area contributed by atoms with Gasteiger partial charge in [-0.25, -0.2) is 9.78 Å². The number of carbonyl (C=O) groups excluding carboxylic acids is 2. The Morgan fingerprint density at radius 3 is 2.34 bits per heavy atom. The van der Waals surface area contributed by atoms with Crippen molar-refractivity contribution < 1.29 is 44.8 Å². The van der Waals surface area contributed by atoms with Gasteiger partial charge in [0.25, 0.3) is 0 Å². The van der Waals surface area contributed by atoms with Crippen LogP contribution < -0.4 is 4.18 Å². The van der Waals surface area contributed by atoms with Crippen LogP contribution in [0.15, 0.2) is 6.07 Å². The molecule has 8 nitrogen and oxygen atoms in total. The van der Waals surface area contributed by atoms with Gasteiger partial charge in [-0.05, 0) is 32.4 Å². The van der Waals surface area contributed by atoms with E-state index in [0.29, 0.717) is 11.3 Å². The van der Waals surface area contributed by atoms with Crippen molar-refractivity contribution in [2.24, 2.45) is 0 Å². The van der Waals surface area contributed by atoms with Crippen molar-refractivity contribution in [3.05, 3.63) is 22.2 Å². The summed E-state index contributed by atoms with van der Waals surface area (Å²) in [5, 5.41) is -0.205. The van der Waals surface area contributed by atoms with Crippen molar-refractivity contribution in [3.63, 3.8) is 0 Å². The topological polar surface area (TPSA) is 109 Å². The van der Waals surface area contributed by atoms with Crippen LogP contribution in [0.1, 0.15) is 34.8 Å². The number of nitrogens with zero attached hydrogens (tertiary/aromatic N) is 1. The van der Waals surface area contributed by atoms with E-state index in [1.165, 1.54) is 19.9 Å². The van der Waals surface area contributed by atoms with Crippen molar-refractivity contribution in [3.8, 4) is 5.75 Å². The van der Waals surface area contributed by atoms with Gasteiger partial charge in [-0.3, -0.25) is 4.79 Å². The SMILES string of the molecule is CCOC(=O)Cc1c(C)cc2nc(C(=O)OCC)sc2c1OS(=O)(=O)C(F)(F)F. The highest BCUT2D eigenvalue weighted by atomic mass is 32.2. The predicted octanol–water partition coefficient (Wildman–Crippen LogP) is 3.12. The van der Waals surface area contributed by atoms with Crippen LogP contribution in [0.2, 0.25) is 0 Å². The fourth-order valence-electron chi connectivity index (χ4n) is 2.30. The second-order valence-electron chi connectivity index (χ2n) is 5.55. The third-order valence-corrected chi connectivity index (χ3v) is 5.52. The fraction of sp³-hybridized carbons (Fsp3) is 0.438. The number of halogens is 3. The third kappa shape index (κ3) is 4.96. The lowest BCUT2D eigenvalue weighted by Gasteiger charge is -2.15. The number of aryl methyl sites for hydroxylation is 1.